The Morgan fingerprint density at radius 3 is 2.30 bits per heavy atom. The fourth-order valence-corrected chi connectivity index (χ4v) is 3.61. The average molecular weight is 451 g/mol. The lowest BCUT2D eigenvalue weighted by Crippen LogP contribution is -2.16. The Hall–Kier alpha value is -2.79. The van der Waals surface area contributed by atoms with Gasteiger partial charge < -0.3 is 5.32 Å². The minimum atomic E-state index is -3.85. The van der Waals surface area contributed by atoms with E-state index in [1.807, 2.05) is 0 Å². The Balaban J connectivity index is 1.75. The van der Waals surface area contributed by atoms with Gasteiger partial charge in [0.2, 0.25) is 5.95 Å². The lowest BCUT2D eigenvalue weighted by atomic mass is 10.3. The van der Waals surface area contributed by atoms with Gasteiger partial charge in [-0.25, -0.2) is 23.1 Å². The van der Waals surface area contributed by atoms with Crippen LogP contribution >= 0.6 is 15.9 Å². The minimum Gasteiger partial charge on any atom is -0.321 e. The summed E-state index contributed by atoms with van der Waals surface area (Å²) in [6, 6.07) is 7.47. The molecule has 0 aliphatic carbocycles. The van der Waals surface area contributed by atoms with Crippen LogP contribution in [0.4, 0.5) is 11.6 Å². The molecule has 0 aliphatic heterocycles. The quantitative estimate of drug-likeness (QED) is 0.547. The maximum absolute atomic E-state index is 12.5. The maximum atomic E-state index is 12.5. The molecule has 3 rings (SSSR count). The Morgan fingerprint density at radius 1 is 1.11 bits per heavy atom. The number of aromatic amines is 1. The van der Waals surface area contributed by atoms with Crippen LogP contribution in [0.15, 0.2) is 45.9 Å². The summed E-state index contributed by atoms with van der Waals surface area (Å²) < 4.78 is 27.9. The van der Waals surface area contributed by atoms with Crippen molar-refractivity contribution in [3.63, 3.8) is 0 Å². The third-order valence-electron chi connectivity index (χ3n) is 3.45. The highest BCUT2D eigenvalue weighted by atomic mass is 79.9. The molecule has 0 fully saturated rings. The van der Waals surface area contributed by atoms with E-state index in [0.29, 0.717) is 21.5 Å². The number of nitrogens with zero attached hydrogens (tertiary/aromatic N) is 3. The number of carbonyl (C=O) groups excluding carboxylic acids is 1. The predicted octanol–water partition coefficient (Wildman–Crippen LogP) is 2.63. The zero-order valence-electron chi connectivity index (χ0n) is 14.3. The van der Waals surface area contributed by atoms with Gasteiger partial charge in [-0.15, -0.1) is 0 Å². The molecule has 0 saturated carbocycles. The second-order valence-corrected chi connectivity index (χ2v) is 8.19. The Morgan fingerprint density at radius 2 is 1.74 bits per heavy atom. The molecule has 3 N–H and O–H groups in total. The monoisotopic (exact) mass is 450 g/mol. The van der Waals surface area contributed by atoms with E-state index in [2.05, 4.69) is 46.1 Å². The molecule has 1 amide bonds. The molecule has 0 atom stereocenters. The number of halogens is 1. The van der Waals surface area contributed by atoms with Gasteiger partial charge in [0.25, 0.3) is 15.9 Å². The zero-order valence-corrected chi connectivity index (χ0v) is 16.7. The van der Waals surface area contributed by atoms with E-state index in [0.717, 1.165) is 0 Å². The summed E-state index contributed by atoms with van der Waals surface area (Å²) in [5.74, 6) is -0.397. The van der Waals surface area contributed by atoms with Crippen molar-refractivity contribution in [2.24, 2.45) is 0 Å². The molecule has 0 unspecified atom stereocenters. The normalized spacial score (nSPS) is 11.2. The molecule has 0 saturated heterocycles. The smallest absolute Gasteiger partial charge is 0.274 e. The number of hydrogen-bond acceptors (Lipinski definition) is 6. The van der Waals surface area contributed by atoms with Gasteiger partial charge in [-0.3, -0.25) is 9.89 Å². The SMILES string of the molecule is Cc1cc(C)nc(NS(=O)(=O)c2ccc(NC(=O)c3[nH]ncc3Br)cc2)n1. The average Bonchev–Trinajstić information content (AvgIpc) is 3.00. The lowest BCUT2D eigenvalue weighted by Gasteiger charge is -2.09. The Kier molecular flexibility index (Phi) is 5.24. The van der Waals surface area contributed by atoms with Crippen LogP contribution in [0.5, 0.6) is 0 Å². The van der Waals surface area contributed by atoms with E-state index < -0.39 is 15.9 Å². The summed E-state index contributed by atoms with van der Waals surface area (Å²) in [4.78, 5) is 20.3. The second-order valence-electron chi connectivity index (χ2n) is 5.65. The number of amides is 1. The van der Waals surface area contributed by atoms with Crippen molar-refractivity contribution in [2.75, 3.05) is 10.0 Å². The van der Waals surface area contributed by atoms with Crippen molar-refractivity contribution in [2.45, 2.75) is 18.7 Å². The van der Waals surface area contributed by atoms with Gasteiger partial charge in [0, 0.05) is 17.1 Å². The lowest BCUT2D eigenvalue weighted by molar-refractivity contribution is 0.102. The van der Waals surface area contributed by atoms with Crippen LogP contribution in [0.2, 0.25) is 0 Å². The fraction of sp³-hybridized carbons (Fsp3) is 0.125. The number of benzene rings is 1. The van der Waals surface area contributed by atoms with Gasteiger partial charge >= 0.3 is 0 Å². The van der Waals surface area contributed by atoms with E-state index in [1.165, 1.54) is 30.5 Å². The number of rotatable bonds is 5. The summed E-state index contributed by atoms with van der Waals surface area (Å²) in [6.07, 6.45) is 1.46. The van der Waals surface area contributed by atoms with Crippen LogP contribution in [0.1, 0.15) is 21.9 Å². The third-order valence-corrected chi connectivity index (χ3v) is 5.40. The molecular weight excluding hydrogens is 436 g/mol. The van der Waals surface area contributed by atoms with Crippen molar-refractivity contribution in [3.05, 3.63) is 58.1 Å². The van der Waals surface area contributed by atoms with Gasteiger partial charge in [-0.05, 0) is 60.1 Å². The molecule has 140 valence electrons. The van der Waals surface area contributed by atoms with E-state index >= 15 is 0 Å². The molecule has 27 heavy (non-hydrogen) atoms. The number of H-pyrrole nitrogens is 1. The molecular formula is C16H15BrN6O3S. The maximum Gasteiger partial charge on any atom is 0.274 e. The Labute approximate surface area is 163 Å². The van der Waals surface area contributed by atoms with Crippen LogP contribution in [-0.4, -0.2) is 34.5 Å². The number of aryl methyl sites for hydroxylation is 2. The molecule has 0 spiro atoms. The van der Waals surface area contributed by atoms with Gasteiger partial charge in [0.05, 0.1) is 15.6 Å². The largest absolute Gasteiger partial charge is 0.321 e. The van der Waals surface area contributed by atoms with Crippen molar-refractivity contribution in [1.29, 1.82) is 0 Å². The predicted molar refractivity (Wildman–Crippen MR) is 103 cm³/mol. The molecule has 2 aromatic heterocycles. The molecule has 0 aliphatic rings. The summed E-state index contributed by atoms with van der Waals surface area (Å²) in [7, 11) is -3.85. The summed E-state index contributed by atoms with van der Waals surface area (Å²) in [6.45, 7) is 3.50. The number of hydrogen-bond donors (Lipinski definition) is 3. The van der Waals surface area contributed by atoms with E-state index in [-0.39, 0.29) is 16.5 Å². The van der Waals surface area contributed by atoms with Gasteiger partial charge in [-0.2, -0.15) is 5.10 Å². The highest BCUT2D eigenvalue weighted by Crippen LogP contribution is 2.19. The van der Waals surface area contributed by atoms with Crippen LogP contribution in [0.3, 0.4) is 0 Å². The molecule has 9 nitrogen and oxygen atoms in total. The van der Waals surface area contributed by atoms with Crippen molar-refractivity contribution < 1.29 is 13.2 Å². The molecule has 1 aromatic carbocycles. The first-order chi connectivity index (χ1) is 12.7. The van der Waals surface area contributed by atoms with E-state index in [9.17, 15) is 13.2 Å². The number of sulfonamides is 1. The first-order valence-electron chi connectivity index (χ1n) is 7.70. The van der Waals surface area contributed by atoms with Crippen LogP contribution in [-0.2, 0) is 10.0 Å². The first-order valence-corrected chi connectivity index (χ1v) is 9.97. The van der Waals surface area contributed by atoms with Crippen LogP contribution in [0.25, 0.3) is 0 Å². The molecule has 0 bridgehead atoms. The minimum absolute atomic E-state index is 0.00831. The van der Waals surface area contributed by atoms with Crippen LogP contribution < -0.4 is 10.0 Å². The van der Waals surface area contributed by atoms with Crippen molar-refractivity contribution in [3.8, 4) is 0 Å². The highest BCUT2D eigenvalue weighted by Gasteiger charge is 2.17. The van der Waals surface area contributed by atoms with E-state index in [4.69, 9.17) is 0 Å². The van der Waals surface area contributed by atoms with E-state index in [1.54, 1.807) is 19.9 Å². The summed E-state index contributed by atoms with van der Waals surface area (Å²) in [5, 5.41) is 8.97. The fourth-order valence-electron chi connectivity index (χ4n) is 2.29. The van der Waals surface area contributed by atoms with Gasteiger partial charge in [0.1, 0.15) is 5.69 Å². The summed E-state index contributed by atoms with van der Waals surface area (Å²) in [5.41, 5.74) is 2.01. The number of aromatic nitrogens is 4. The highest BCUT2D eigenvalue weighted by molar-refractivity contribution is 9.10. The number of carbonyl (C=O) groups is 1. The number of nitrogens with one attached hydrogen (secondary N) is 3. The molecule has 11 heteroatoms. The topological polar surface area (TPSA) is 130 Å². The third kappa shape index (κ3) is 4.49. The van der Waals surface area contributed by atoms with Crippen molar-refractivity contribution in [1.82, 2.24) is 20.2 Å². The van der Waals surface area contributed by atoms with Crippen LogP contribution in [0, 0.1) is 13.8 Å². The standard InChI is InChI=1S/C16H15BrN6O3S/c1-9-7-10(2)20-16(19-9)23-27(25,26)12-5-3-11(4-6-12)21-15(24)14-13(17)8-18-22-14/h3-8H,1-2H3,(H,18,22)(H,21,24)(H,19,20,23). The second kappa shape index (κ2) is 7.45. The van der Waals surface area contributed by atoms with Gasteiger partial charge in [-0.1, -0.05) is 0 Å². The van der Waals surface area contributed by atoms with Gasteiger partial charge in [0.15, 0.2) is 0 Å². The zero-order chi connectivity index (χ0) is 19.6. The number of anilines is 2. The molecule has 2 heterocycles. The van der Waals surface area contributed by atoms with Crippen molar-refractivity contribution >= 4 is 43.5 Å². The Bertz CT molecular complexity index is 1080. The molecule has 3 aromatic rings. The summed E-state index contributed by atoms with van der Waals surface area (Å²) >= 11 is 3.21. The first kappa shape index (κ1) is 19.0. The molecule has 0 radical (unpaired) electrons.